The van der Waals surface area contributed by atoms with Crippen molar-refractivity contribution in [3.63, 3.8) is 0 Å². The highest BCUT2D eigenvalue weighted by atomic mass is 16.5. The molecule has 0 saturated heterocycles. The molecule has 5 heteroatoms. The van der Waals surface area contributed by atoms with Gasteiger partial charge in [-0.05, 0) is 37.0 Å². The lowest BCUT2D eigenvalue weighted by atomic mass is 10.1. The Bertz CT molecular complexity index is 429. The third-order valence-corrected chi connectivity index (χ3v) is 3.03. The van der Waals surface area contributed by atoms with E-state index in [-0.39, 0.29) is 12.3 Å². The first-order valence-electron chi connectivity index (χ1n) is 6.97. The van der Waals surface area contributed by atoms with Gasteiger partial charge < -0.3 is 5.32 Å². The molecule has 5 nitrogen and oxygen atoms in total. The van der Waals surface area contributed by atoms with E-state index in [2.05, 4.69) is 12.2 Å². The quantitative estimate of drug-likeness (QED) is 0.387. The first-order chi connectivity index (χ1) is 9.67. The van der Waals surface area contributed by atoms with E-state index >= 15 is 0 Å². The summed E-state index contributed by atoms with van der Waals surface area (Å²) in [5.74, 6) is -0.587. The Morgan fingerprint density at radius 1 is 1.15 bits per heavy atom. The highest BCUT2D eigenvalue weighted by Gasteiger charge is 2.05. The molecule has 0 aliphatic rings. The first-order valence-corrected chi connectivity index (χ1v) is 6.97. The van der Waals surface area contributed by atoms with Gasteiger partial charge in [-0.1, -0.05) is 25.5 Å². The van der Waals surface area contributed by atoms with Gasteiger partial charge in [0.15, 0.2) is 0 Å². The number of aryl methyl sites for hydroxylation is 1. The van der Waals surface area contributed by atoms with Crippen LogP contribution in [0.15, 0.2) is 24.3 Å². The van der Waals surface area contributed by atoms with Crippen molar-refractivity contribution in [3.8, 4) is 0 Å². The number of nitrogens with one attached hydrogen (secondary N) is 2. The van der Waals surface area contributed by atoms with Crippen LogP contribution in [0.1, 0.15) is 48.5 Å². The van der Waals surface area contributed by atoms with Crippen LogP contribution in [0, 0.1) is 0 Å². The summed E-state index contributed by atoms with van der Waals surface area (Å²) in [6.07, 6.45) is 4.02. The summed E-state index contributed by atoms with van der Waals surface area (Å²) in [6.45, 7) is 2.56. The van der Waals surface area contributed by atoms with Gasteiger partial charge >= 0.3 is 0 Å². The zero-order valence-electron chi connectivity index (χ0n) is 11.8. The van der Waals surface area contributed by atoms with Gasteiger partial charge in [0.1, 0.15) is 0 Å². The summed E-state index contributed by atoms with van der Waals surface area (Å²) in [7, 11) is 0. The lowest BCUT2D eigenvalue weighted by molar-refractivity contribution is -0.129. The topological polar surface area (TPSA) is 78.4 Å². The highest BCUT2D eigenvalue weighted by molar-refractivity contribution is 5.94. The predicted molar refractivity (Wildman–Crippen MR) is 76.6 cm³/mol. The van der Waals surface area contributed by atoms with Gasteiger partial charge in [-0.15, -0.1) is 0 Å². The molecule has 0 atom stereocenters. The van der Waals surface area contributed by atoms with Crippen LogP contribution >= 0.6 is 0 Å². The second-order valence-corrected chi connectivity index (χ2v) is 4.69. The summed E-state index contributed by atoms with van der Waals surface area (Å²) in [4.78, 5) is 22.6. The van der Waals surface area contributed by atoms with Crippen molar-refractivity contribution in [1.82, 2.24) is 10.8 Å². The SMILES string of the molecule is CCCCc1ccc(C(=O)NCCCC(=O)NO)cc1. The Morgan fingerprint density at radius 2 is 1.85 bits per heavy atom. The van der Waals surface area contributed by atoms with E-state index in [1.54, 1.807) is 5.48 Å². The minimum absolute atomic E-state index is 0.142. The van der Waals surface area contributed by atoms with Gasteiger partial charge in [0.2, 0.25) is 5.91 Å². The second kappa shape index (κ2) is 9.09. The number of unbranched alkanes of at least 4 members (excludes halogenated alkanes) is 1. The summed E-state index contributed by atoms with van der Waals surface area (Å²) in [5.41, 5.74) is 3.42. The van der Waals surface area contributed by atoms with Crippen LogP contribution in [-0.2, 0) is 11.2 Å². The van der Waals surface area contributed by atoms with Crippen molar-refractivity contribution in [2.45, 2.75) is 39.0 Å². The predicted octanol–water partition coefficient (Wildman–Crippen LogP) is 2.04. The van der Waals surface area contributed by atoms with Gasteiger partial charge in [-0.3, -0.25) is 14.8 Å². The number of carbonyl (C=O) groups excluding carboxylic acids is 2. The number of hydrogen-bond acceptors (Lipinski definition) is 3. The minimum atomic E-state index is -0.445. The molecule has 1 aromatic carbocycles. The third-order valence-electron chi connectivity index (χ3n) is 3.03. The molecule has 0 aromatic heterocycles. The minimum Gasteiger partial charge on any atom is -0.352 e. The number of carbonyl (C=O) groups is 2. The van der Waals surface area contributed by atoms with E-state index in [0.717, 1.165) is 19.3 Å². The van der Waals surface area contributed by atoms with Crippen molar-refractivity contribution in [3.05, 3.63) is 35.4 Å². The fraction of sp³-hybridized carbons (Fsp3) is 0.467. The number of benzene rings is 1. The maximum atomic E-state index is 11.8. The summed E-state index contributed by atoms with van der Waals surface area (Å²) >= 11 is 0. The average molecular weight is 278 g/mol. The zero-order valence-corrected chi connectivity index (χ0v) is 11.8. The van der Waals surface area contributed by atoms with Crippen molar-refractivity contribution >= 4 is 11.8 Å². The van der Waals surface area contributed by atoms with Crippen LogP contribution in [0.4, 0.5) is 0 Å². The average Bonchev–Trinajstić information content (AvgIpc) is 2.49. The maximum absolute atomic E-state index is 11.8. The Balaban J connectivity index is 2.34. The number of hydroxylamine groups is 1. The second-order valence-electron chi connectivity index (χ2n) is 4.69. The Hall–Kier alpha value is -1.88. The molecule has 0 aliphatic heterocycles. The van der Waals surface area contributed by atoms with Crippen LogP contribution in [0.2, 0.25) is 0 Å². The first kappa shape index (κ1) is 16.2. The Morgan fingerprint density at radius 3 is 2.45 bits per heavy atom. The van der Waals surface area contributed by atoms with E-state index in [9.17, 15) is 9.59 Å². The standard InChI is InChI=1S/C15H22N2O3/c1-2-3-5-12-7-9-13(10-8-12)15(19)16-11-4-6-14(18)17-20/h7-10,20H,2-6,11H2,1H3,(H,16,19)(H,17,18). The molecule has 0 aliphatic carbocycles. The molecular weight excluding hydrogens is 256 g/mol. The summed E-state index contributed by atoms with van der Waals surface area (Å²) in [5, 5.41) is 11.1. The molecule has 0 saturated carbocycles. The molecule has 110 valence electrons. The van der Waals surface area contributed by atoms with Gasteiger partial charge in [-0.25, -0.2) is 5.48 Å². The lowest BCUT2D eigenvalue weighted by Gasteiger charge is -2.06. The molecule has 0 bridgehead atoms. The zero-order chi connectivity index (χ0) is 14.8. The molecule has 1 rings (SSSR count). The molecule has 0 fully saturated rings. The third kappa shape index (κ3) is 5.84. The van der Waals surface area contributed by atoms with Crippen molar-refractivity contribution in [1.29, 1.82) is 0 Å². The van der Waals surface area contributed by atoms with Crippen LogP contribution in [0.5, 0.6) is 0 Å². The van der Waals surface area contributed by atoms with Gasteiger partial charge in [0.25, 0.3) is 5.91 Å². The van der Waals surface area contributed by atoms with Crippen molar-refractivity contribution < 1.29 is 14.8 Å². The molecule has 3 N–H and O–H groups in total. The number of rotatable bonds is 8. The van der Waals surface area contributed by atoms with Crippen LogP contribution < -0.4 is 10.8 Å². The summed E-state index contributed by atoms with van der Waals surface area (Å²) in [6, 6.07) is 7.59. The molecule has 0 heterocycles. The number of hydrogen-bond donors (Lipinski definition) is 3. The van der Waals surface area contributed by atoms with E-state index in [4.69, 9.17) is 5.21 Å². The fourth-order valence-electron chi connectivity index (χ4n) is 1.81. The van der Waals surface area contributed by atoms with E-state index in [1.165, 1.54) is 5.56 Å². The van der Waals surface area contributed by atoms with Gasteiger partial charge in [0.05, 0.1) is 0 Å². The smallest absolute Gasteiger partial charge is 0.251 e. The lowest BCUT2D eigenvalue weighted by Crippen LogP contribution is -2.26. The maximum Gasteiger partial charge on any atom is 0.251 e. The highest BCUT2D eigenvalue weighted by Crippen LogP contribution is 2.08. The number of amides is 2. The van der Waals surface area contributed by atoms with Crippen LogP contribution in [0.25, 0.3) is 0 Å². The summed E-state index contributed by atoms with van der Waals surface area (Å²) < 4.78 is 0. The Labute approximate surface area is 119 Å². The van der Waals surface area contributed by atoms with Crippen LogP contribution in [-0.4, -0.2) is 23.6 Å². The van der Waals surface area contributed by atoms with Gasteiger partial charge in [0, 0.05) is 18.5 Å². The van der Waals surface area contributed by atoms with Crippen molar-refractivity contribution in [2.75, 3.05) is 6.54 Å². The molecule has 0 unspecified atom stereocenters. The van der Waals surface area contributed by atoms with E-state index < -0.39 is 5.91 Å². The molecule has 20 heavy (non-hydrogen) atoms. The molecule has 1 aromatic rings. The Kier molecular flexibility index (Phi) is 7.35. The molecule has 0 spiro atoms. The van der Waals surface area contributed by atoms with E-state index in [1.807, 2.05) is 24.3 Å². The molecule has 2 amide bonds. The molecular formula is C15H22N2O3. The largest absolute Gasteiger partial charge is 0.352 e. The van der Waals surface area contributed by atoms with Gasteiger partial charge in [-0.2, -0.15) is 0 Å². The van der Waals surface area contributed by atoms with Crippen LogP contribution in [0.3, 0.4) is 0 Å². The normalized spacial score (nSPS) is 10.1. The van der Waals surface area contributed by atoms with Crippen molar-refractivity contribution in [2.24, 2.45) is 0 Å². The fourth-order valence-corrected chi connectivity index (χ4v) is 1.81. The molecule has 0 radical (unpaired) electrons. The van der Waals surface area contributed by atoms with E-state index in [0.29, 0.717) is 18.5 Å². The monoisotopic (exact) mass is 278 g/mol.